The van der Waals surface area contributed by atoms with Crippen molar-refractivity contribution in [2.24, 2.45) is 10.7 Å². The quantitative estimate of drug-likeness (QED) is 0.359. The third-order valence-corrected chi connectivity index (χ3v) is 7.09. The van der Waals surface area contributed by atoms with Gasteiger partial charge >= 0.3 is 0 Å². The van der Waals surface area contributed by atoms with Gasteiger partial charge in [0.25, 0.3) is 0 Å². The minimum atomic E-state index is -0.998. The van der Waals surface area contributed by atoms with Crippen molar-refractivity contribution in [3.63, 3.8) is 0 Å². The zero-order valence-electron chi connectivity index (χ0n) is 23.1. The van der Waals surface area contributed by atoms with Gasteiger partial charge in [0.1, 0.15) is 18.1 Å². The van der Waals surface area contributed by atoms with Crippen LogP contribution in [0.4, 0.5) is 25.8 Å². The van der Waals surface area contributed by atoms with Gasteiger partial charge < -0.3 is 35.2 Å². The van der Waals surface area contributed by atoms with Crippen LogP contribution in [-0.2, 0) is 11.3 Å². The molecule has 2 aromatic carbocycles. The van der Waals surface area contributed by atoms with Crippen LogP contribution in [0.3, 0.4) is 0 Å². The first-order chi connectivity index (χ1) is 19.8. The zero-order valence-corrected chi connectivity index (χ0v) is 23.1. The molecule has 2 aliphatic rings. The molecule has 13 heteroatoms. The third-order valence-electron chi connectivity index (χ3n) is 7.09. The highest BCUT2D eigenvalue weighted by molar-refractivity contribution is 6.16. The molecule has 0 radical (unpaired) electrons. The van der Waals surface area contributed by atoms with Crippen molar-refractivity contribution in [1.82, 2.24) is 19.6 Å². The number of benzene rings is 2. The van der Waals surface area contributed by atoms with E-state index in [-0.39, 0.29) is 18.9 Å². The summed E-state index contributed by atoms with van der Waals surface area (Å²) in [6.45, 7) is 5.69. The smallest absolute Gasteiger partial charge is 0.239 e. The summed E-state index contributed by atoms with van der Waals surface area (Å²) in [6, 6.07) is 7.56. The Bertz CT molecular complexity index is 1420. The Hall–Kier alpha value is -4.23. The number of carbonyl (C=O) groups is 1. The molecule has 1 amide bonds. The number of piperazine rings is 1. The largest absolute Gasteiger partial charge is 0.493 e. The fourth-order valence-electron chi connectivity index (χ4n) is 4.89. The Labute approximate surface area is 237 Å². The van der Waals surface area contributed by atoms with Crippen molar-refractivity contribution in [2.45, 2.75) is 13.0 Å². The highest BCUT2D eigenvalue weighted by atomic mass is 19.2. The number of amidine groups is 1. The van der Waals surface area contributed by atoms with Crippen molar-refractivity contribution in [3.05, 3.63) is 59.9 Å². The van der Waals surface area contributed by atoms with Crippen LogP contribution in [0.25, 0.3) is 0 Å². The second kappa shape index (κ2) is 12.5. The second-order valence-electron chi connectivity index (χ2n) is 10.0. The number of amides is 1. The summed E-state index contributed by atoms with van der Waals surface area (Å²) in [6.07, 6.45) is 3.88. The molecule has 41 heavy (non-hydrogen) atoms. The fourth-order valence-corrected chi connectivity index (χ4v) is 4.89. The summed E-state index contributed by atoms with van der Waals surface area (Å²) in [5.41, 5.74) is 6.97. The minimum absolute atomic E-state index is 0.00891. The SMILES string of the molecule is COc1cc2c(cc1OCCCN1CCN(C)CC1)NCN(c1cccc(F)c1F)C2=Nc1cnn(CC(N)=O)c1. The van der Waals surface area contributed by atoms with Gasteiger partial charge in [-0.25, -0.2) is 13.8 Å². The number of aliphatic imine (C=N–C) groups is 1. The van der Waals surface area contributed by atoms with Crippen LogP contribution in [0.1, 0.15) is 12.0 Å². The number of hydrogen-bond acceptors (Lipinski definition) is 8. The van der Waals surface area contributed by atoms with Gasteiger partial charge in [0.15, 0.2) is 23.1 Å². The van der Waals surface area contributed by atoms with Crippen molar-refractivity contribution >= 4 is 28.8 Å². The lowest BCUT2D eigenvalue weighted by atomic mass is 10.1. The number of likely N-dealkylation sites (N-methyl/N-ethyl adjacent to an activating group) is 1. The van der Waals surface area contributed by atoms with Gasteiger partial charge in [-0.2, -0.15) is 5.10 Å². The minimum Gasteiger partial charge on any atom is -0.493 e. The standard InChI is InChI=1S/C28H34F2N8O3/c1-35-8-10-36(11-9-35)7-4-12-41-25-14-22-20(13-24(25)40-2)28(34-19-15-33-37(16-19)17-26(31)39)38(18-32-22)23-6-3-5-21(29)27(23)30/h3,5-6,13-16,32H,4,7-12,17-18H2,1-2H3,(H2,31,39). The van der Waals surface area contributed by atoms with E-state index in [0.29, 0.717) is 40.9 Å². The van der Waals surface area contributed by atoms with Gasteiger partial charge in [-0.15, -0.1) is 0 Å². The molecule has 11 nitrogen and oxygen atoms in total. The second-order valence-corrected chi connectivity index (χ2v) is 10.0. The summed E-state index contributed by atoms with van der Waals surface area (Å²) in [4.78, 5) is 22.3. The maximum Gasteiger partial charge on any atom is 0.239 e. The average Bonchev–Trinajstić information content (AvgIpc) is 3.39. The summed E-state index contributed by atoms with van der Waals surface area (Å²) in [5, 5.41) is 7.39. The Kier molecular flexibility index (Phi) is 8.64. The number of hydrogen-bond donors (Lipinski definition) is 2. The monoisotopic (exact) mass is 568 g/mol. The van der Waals surface area contributed by atoms with Gasteiger partial charge in [-0.1, -0.05) is 6.07 Å². The molecule has 1 saturated heterocycles. The highest BCUT2D eigenvalue weighted by Crippen LogP contribution is 2.38. The summed E-state index contributed by atoms with van der Waals surface area (Å²) >= 11 is 0. The number of rotatable bonds is 10. The lowest BCUT2D eigenvalue weighted by molar-refractivity contribution is -0.118. The molecule has 0 unspecified atom stereocenters. The molecule has 0 atom stereocenters. The number of halogens is 2. The van der Waals surface area contributed by atoms with E-state index in [9.17, 15) is 13.6 Å². The first-order valence-electron chi connectivity index (χ1n) is 13.4. The Morgan fingerprint density at radius 2 is 1.98 bits per heavy atom. The van der Waals surface area contributed by atoms with E-state index in [0.717, 1.165) is 45.2 Å². The molecule has 5 rings (SSSR count). The first kappa shape index (κ1) is 28.3. The molecule has 218 valence electrons. The van der Waals surface area contributed by atoms with Crippen molar-refractivity contribution in [3.8, 4) is 11.5 Å². The Morgan fingerprint density at radius 1 is 1.17 bits per heavy atom. The molecule has 0 spiro atoms. The van der Waals surface area contributed by atoms with Crippen LogP contribution in [0.2, 0.25) is 0 Å². The molecule has 0 aliphatic carbocycles. The van der Waals surface area contributed by atoms with E-state index in [4.69, 9.17) is 20.2 Å². The van der Waals surface area contributed by atoms with E-state index in [1.54, 1.807) is 19.4 Å². The van der Waals surface area contributed by atoms with Gasteiger partial charge in [-0.05, 0) is 31.7 Å². The number of fused-ring (bicyclic) bond motifs is 1. The number of ether oxygens (including phenoxy) is 2. The first-order valence-corrected chi connectivity index (χ1v) is 13.4. The predicted molar refractivity (Wildman–Crippen MR) is 152 cm³/mol. The number of primary amides is 1. The molecule has 3 heterocycles. The number of methoxy groups -OCH3 is 1. The van der Waals surface area contributed by atoms with Crippen molar-refractivity contribution in [2.75, 3.05) is 70.4 Å². The summed E-state index contributed by atoms with van der Waals surface area (Å²) in [7, 11) is 3.68. The number of aromatic nitrogens is 2. The summed E-state index contributed by atoms with van der Waals surface area (Å²) in [5.74, 6) is -1.15. The van der Waals surface area contributed by atoms with Crippen LogP contribution in [-0.4, -0.2) is 91.5 Å². The van der Waals surface area contributed by atoms with Gasteiger partial charge in [-0.3, -0.25) is 9.48 Å². The van der Waals surface area contributed by atoms with E-state index < -0.39 is 17.5 Å². The molecule has 1 fully saturated rings. The lowest BCUT2D eigenvalue weighted by Crippen LogP contribution is -2.44. The van der Waals surface area contributed by atoms with Crippen molar-refractivity contribution in [1.29, 1.82) is 0 Å². The van der Waals surface area contributed by atoms with Crippen LogP contribution in [0.15, 0.2) is 47.7 Å². The number of nitrogens with one attached hydrogen (secondary N) is 1. The summed E-state index contributed by atoms with van der Waals surface area (Å²) < 4.78 is 42.3. The van der Waals surface area contributed by atoms with Crippen LogP contribution in [0.5, 0.6) is 11.5 Å². The highest BCUT2D eigenvalue weighted by Gasteiger charge is 2.29. The van der Waals surface area contributed by atoms with Gasteiger partial charge in [0.2, 0.25) is 5.91 Å². The number of nitrogens with two attached hydrogens (primary N) is 1. The number of anilines is 2. The van der Waals surface area contributed by atoms with Crippen molar-refractivity contribution < 1.29 is 23.0 Å². The maximum absolute atomic E-state index is 14.9. The Balaban J connectivity index is 1.42. The molecule has 0 saturated carbocycles. The average molecular weight is 569 g/mol. The normalized spacial score (nSPS) is 16.9. The van der Waals surface area contributed by atoms with E-state index in [2.05, 4.69) is 27.3 Å². The topological polar surface area (TPSA) is 113 Å². The van der Waals surface area contributed by atoms with Crippen LogP contribution < -0.4 is 25.4 Å². The van der Waals surface area contributed by atoms with Gasteiger partial charge in [0, 0.05) is 44.4 Å². The maximum atomic E-state index is 14.9. The van der Waals surface area contributed by atoms with Crippen LogP contribution >= 0.6 is 0 Å². The van der Waals surface area contributed by atoms with E-state index >= 15 is 0 Å². The number of carbonyl (C=O) groups excluding carboxylic acids is 1. The molecule has 3 N–H and O–H groups in total. The molecule has 2 aliphatic heterocycles. The molecular weight excluding hydrogens is 534 g/mol. The lowest BCUT2D eigenvalue weighted by Gasteiger charge is -2.33. The van der Waals surface area contributed by atoms with E-state index in [1.165, 1.54) is 27.9 Å². The Morgan fingerprint density at radius 3 is 2.73 bits per heavy atom. The molecule has 1 aromatic heterocycles. The predicted octanol–water partition coefficient (Wildman–Crippen LogP) is 2.64. The van der Waals surface area contributed by atoms with E-state index in [1.807, 2.05) is 6.07 Å². The molecule has 3 aromatic rings. The third kappa shape index (κ3) is 6.57. The molecular formula is C28H34F2N8O3. The number of nitrogens with zero attached hydrogens (tertiary/aromatic N) is 6. The zero-order chi connectivity index (χ0) is 28.9. The fraction of sp³-hybridized carbons (Fsp3) is 0.393. The molecule has 0 bridgehead atoms. The van der Waals surface area contributed by atoms with Gasteiger partial charge in [0.05, 0.1) is 44.2 Å². The van der Waals surface area contributed by atoms with Crippen LogP contribution in [0, 0.1) is 11.6 Å².